The van der Waals surface area contributed by atoms with Gasteiger partial charge < -0.3 is 0 Å². The molecular formula is C18H12Cl4N2O. The Morgan fingerprint density at radius 2 is 1.44 bits per heavy atom. The number of halogens is 4. The molecule has 1 aromatic heterocycles. The Bertz CT molecular complexity index is 896. The van der Waals surface area contributed by atoms with Gasteiger partial charge in [0.25, 0.3) is 0 Å². The van der Waals surface area contributed by atoms with Crippen LogP contribution in [0, 0.1) is 0 Å². The van der Waals surface area contributed by atoms with E-state index in [1.54, 1.807) is 53.3 Å². The van der Waals surface area contributed by atoms with E-state index in [1.807, 2.05) is 0 Å². The molecule has 3 nitrogen and oxygen atoms in total. The smallest absolute Gasteiger partial charge is 0.171 e. The number of carbonyl (C=O) groups excluding carboxylic acids is 1. The van der Waals surface area contributed by atoms with E-state index >= 15 is 0 Å². The summed E-state index contributed by atoms with van der Waals surface area (Å²) in [5.74, 6) is -0.184. The molecule has 0 N–H and O–H groups in total. The monoisotopic (exact) mass is 412 g/mol. The molecule has 0 amide bonds. The van der Waals surface area contributed by atoms with E-state index in [0.717, 1.165) is 5.56 Å². The van der Waals surface area contributed by atoms with Crippen molar-refractivity contribution in [2.24, 2.45) is 0 Å². The van der Waals surface area contributed by atoms with Crippen LogP contribution in [0.2, 0.25) is 20.1 Å². The van der Waals surface area contributed by atoms with E-state index in [2.05, 4.69) is 5.10 Å². The Kier molecular flexibility index (Phi) is 5.70. The van der Waals surface area contributed by atoms with Crippen molar-refractivity contribution < 1.29 is 4.79 Å². The highest BCUT2D eigenvalue weighted by molar-refractivity contribution is 6.40. The minimum absolute atomic E-state index is 0.104. The molecule has 0 saturated heterocycles. The lowest BCUT2D eigenvalue weighted by atomic mass is 10.1. The third-order valence-electron chi connectivity index (χ3n) is 3.66. The molecule has 25 heavy (non-hydrogen) atoms. The van der Waals surface area contributed by atoms with Gasteiger partial charge in [0.05, 0.1) is 34.3 Å². The Morgan fingerprint density at radius 3 is 2.04 bits per heavy atom. The standard InChI is InChI=1S/C18H12Cl4N2O/c19-13-3-1-4-14(20)12(13)10-24-8-7-11(23-24)9-17(25)18-15(21)5-2-6-16(18)22/h1-8H,9-10H2. The number of rotatable bonds is 5. The lowest BCUT2D eigenvalue weighted by Gasteiger charge is -2.07. The Labute approximate surface area is 165 Å². The SMILES string of the molecule is O=C(Cc1ccn(Cc2c(Cl)cccc2Cl)n1)c1c(Cl)cccc1Cl. The molecule has 3 rings (SSSR count). The fourth-order valence-corrected chi connectivity index (χ4v) is 3.57. The normalized spacial score (nSPS) is 10.9. The minimum Gasteiger partial charge on any atom is -0.294 e. The van der Waals surface area contributed by atoms with Crippen molar-refractivity contribution in [2.45, 2.75) is 13.0 Å². The van der Waals surface area contributed by atoms with Gasteiger partial charge in [0.2, 0.25) is 0 Å². The van der Waals surface area contributed by atoms with Crippen LogP contribution in [0.3, 0.4) is 0 Å². The zero-order chi connectivity index (χ0) is 18.0. The quantitative estimate of drug-likeness (QED) is 0.483. The predicted octanol–water partition coefficient (Wildman–Crippen LogP) is 5.97. The molecule has 7 heteroatoms. The van der Waals surface area contributed by atoms with Crippen molar-refractivity contribution in [1.82, 2.24) is 9.78 Å². The highest BCUT2D eigenvalue weighted by atomic mass is 35.5. The summed E-state index contributed by atoms with van der Waals surface area (Å²) in [5, 5.41) is 6.22. The lowest BCUT2D eigenvalue weighted by Crippen LogP contribution is -2.07. The van der Waals surface area contributed by atoms with Gasteiger partial charge in [0.1, 0.15) is 0 Å². The first-order valence-corrected chi connectivity index (χ1v) is 8.89. The molecule has 0 spiro atoms. The zero-order valence-electron chi connectivity index (χ0n) is 12.8. The maximum atomic E-state index is 12.5. The van der Waals surface area contributed by atoms with Gasteiger partial charge in [-0.25, -0.2) is 0 Å². The van der Waals surface area contributed by atoms with E-state index in [4.69, 9.17) is 46.4 Å². The number of ketones is 1. The Morgan fingerprint density at radius 1 is 0.880 bits per heavy atom. The first-order valence-electron chi connectivity index (χ1n) is 7.38. The van der Waals surface area contributed by atoms with Crippen LogP contribution in [0.1, 0.15) is 21.6 Å². The summed E-state index contributed by atoms with van der Waals surface area (Å²) in [4.78, 5) is 12.5. The molecule has 3 aromatic rings. The van der Waals surface area contributed by atoms with Crippen LogP contribution >= 0.6 is 46.4 Å². The van der Waals surface area contributed by atoms with Crippen molar-refractivity contribution in [3.63, 3.8) is 0 Å². The van der Waals surface area contributed by atoms with Crippen molar-refractivity contribution in [3.05, 3.63) is 85.6 Å². The van der Waals surface area contributed by atoms with E-state index < -0.39 is 0 Å². The second kappa shape index (κ2) is 7.79. The van der Waals surface area contributed by atoms with Gasteiger partial charge in [-0.2, -0.15) is 5.10 Å². The van der Waals surface area contributed by atoms with Crippen LogP contribution in [0.5, 0.6) is 0 Å². The molecule has 0 aliphatic heterocycles. The second-order valence-electron chi connectivity index (χ2n) is 5.40. The van der Waals surface area contributed by atoms with Crippen molar-refractivity contribution >= 4 is 52.2 Å². The van der Waals surface area contributed by atoms with Crippen LogP contribution in [-0.2, 0) is 13.0 Å². The molecule has 0 aliphatic carbocycles. The van der Waals surface area contributed by atoms with Crippen LogP contribution in [0.4, 0.5) is 0 Å². The van der Waals surface area contributed by atoms with Gasteiger partial charge in [-0.15, -0.1) is 0 Å². The maximum absolute atomic E-state index is 12.5. The van der Waals surface area contributed by atoms with Gasteiger partial charge in [0, 0.05) is 21.8 Å². The number of benzene rings is 2. The van der Waals surface area contributed by atoms with Crippen LogP contribution in [0.15, 0.2) is 48.7 Å². The van der Waals surface area contributed by atoms with Crippen molar-refractivity contribution in [3.8, 4) is 0 Å². The molecule has 128 valence electrons. The third-order valence-corrected chi connectivity index (χ3v) is 5.00. The minimum atomic E-state index is -0.184. The lowest BCUT2D eigenvalue weighted by molar-refractivity contribution is 0.0992. The maximum Gasteiger partial charge on any atom is 0.171 e. The molecule has 1 heterocycles. The summed E-state index contributed by atoms with van der Waals surface area (Å²) in [6.45, 7) is 0.416. The zero-order valence-corrected chi connectivity index (χ0v) is 15.9. The van der Waals surface area contributed by atoms with Gasteiger partial charge in [0.15, 0.2) is 5.78 Å². The summed E-state index contributed by atoms with van der Waals surface area (Å²) in [5.41, 5.74) is 1.71. The van der Waals surface area contributed by atoms with Crippen molar-refractivity contribution in [1.29, 1.82) is 0 Å². The van der Waals surface area contributed by atoms with Gasteiger partial charge in [-0.1, -0.05) is 58.5 Å². The fourth-order valence-electron chi connectivity index (χ4n) is 2.45. The second-order valence-corrected chi connectivity index (χ2v) is 7.03. The summed E-state index contributed by atoms with van der Waals surface area (Å²) in [6, 6.07) is 12.1. The van der Waals surface area contributed by atoms with Crippen LogP contribution in [0.25, 0.3) is 0 Å². The Hall–Kier alpha value is -1.52. The molecule has 0 aliphatic rings. The molecule has 0 radical (unpaired) electrons. The molecule has 0 fully saturated rings. The first kappa shape index (κ1) is 18.3. The highest BCUT2D eigenvalue weighted by Crippen LogP contribution is 2.26. The average Bonchev–Trinajstić information content (AvgIpc) is 2.98. The summed E-state index contributed by atoms with van der Waals surface area (Å²) >= 11 is 24.5. The van der Waals surface area contributed by atoms with E-state index in [0.29, 0.717) is 37.9 Å². The van der Waals surface area contributed by atoms with Gasteiger partial charge in [-0.05, 0) is 30.3 Å². The van der Waals surface area contributed by atoms with E-state index in [-0.39, 0.29) is 12.2 Å². The van der Waals surface area contributed by atoms with E-state index in [9.17, 15) is 4.79 Å². The van der Waals surface area contributed by atoms with Crippen LogP contribution in [-0.4, -0.2) is 15.6 Å². The van der Waals surface area contributed by atoms with Gasteiger partial charge in [-0.3, -0.25) is 9.48 Å². The number of hydrogen-bond acceptors (Lipinski definition) is 2. The number of hydrogen-bond donors (Lipinski definition) is 0. The largest absolute Gasteiger partial charge is 0.294 e. The first-order chi connectivity index (χ1) is 12.0. The molecule has 0 unspecified atom stereocenters. The summed E-state index contributed by atoms with van der Waals surface area (Å²) in [6.07, 6.45) is 1.88. The number of Topliss-reactive ketones (excluding diaryl/α,β-unsaturated/α-hetero) is 1. The fraction of sp³-hybridized carbons (Fsp3) is 0.111. The highest BCUT2D eigenvalue weighted by Gasteiger charge is 2.16. The number of carbonyl (C=O) groups is 1. The topological polar surface area (TPSA) is 34.9 Å². The molecular weight excluding hydrogens is 402 g/mol. The predicted molar refractivity (Wildman–Crippen MR) is 102 cm³/mol. The summed E-state index contributed by atoms with van der Waals surface area (Å²) < 4.78 is 1.68. The molecule has 0 saturated carbocycles. The van der Waals surface area contributed by atoms with Gasteiger partial charge >= 0.3 is 0 Å². The van der Waals surface area contributed by atoms with Crippen LogP contribution < -0.4 is 0 Å². The van der Waals surface area contributed by atoms with E-state index in [1.165, 1.54) is 0 Å². The number of nitrogens with zero attached hydrogens (tertiary/aromatic N) is 2. The molecule has 2 aromatic carbocycles. The summed E-state index contributed by atoms with van der Waals surface area (Å²) in [7, 11) is 0. The van der Waals surface area contributed by atoms with Crippen molar-refractivity contribution in [2.75, 3.05) is 0 Å². The Balaban J connectivity index is 1.77. The molecule has 0 atom stereocenters. The number of aromatic nitrogens is 2. The third kappa shape index (κ3) is 4.18. The average molecular weight is 414 g/mol. The molecule has 0 bridgehead atoms.